The van der Waals surface area contributed by atoms with Gasteiger partial charge in [-0.1, -0.05) is 6.07 Å². The van der Waals surface area contributed by atoms with Gasteiger partial charge in [0.25, 0.3) is 5.91 Å². The molecule has 3 atom stereocenters. The third kappa shape index (κ3) is 3.93. The second kappa shape index (κ2) is 8.52. The van der Waals surface area contributed by atoms with Crippen molar-refractivity contribution in [2.45, 2.75) is 23.8 Å². The molecule has 0 spiro atoms. The molecule has 2 aromatic rings. The van der Waals surface area contributed by atoms with E-state index in [-0.39, 0.29) is 5.70 Å². The van der Waals surface area contributed by atoms with Crippen LogP contribution in [0.15, 0.2) is 52.5 Å². The summed E-state index contributed by atoms with van der Waals surface area (Å²) < 4.78 is 0. The molecule has 1 saturated heterocycles. The Morgan fingerprint density at radius 1 is 1.26 bits per heavy atom. The Kier molecular flexibility index (Phi) is 5.79. The lowest BCUT2D eigenvalue weighted by molar-refractivity contribution is -0.152. The number of nitrogens with one attached hydrogen (secondary N) is 1. The summed E-state index contributed by atoms with van der Waals surface area (Å²) in [7, 11) is 0. The third-order valence-corrected chi connectivity index (χ3v) is 7.09. The predicted octanol–water partition coefficient (Wildman–Crippen LogP) is 1.29. The Morgan fingerprint density at radius 3 is 2.68 bits per heavy atom. The summed E-state index contributed by atoms with van der Waals surface area (Å²) in [5, 5.41) is 24.3. The highest BCUT2D eigenvalue weighted by molar-refractivity contribution is 8.00. The Labute approximate surface area is 184 Å². The topological polar surface area (TPSA) is 137 Å². The number of thioether (sulfide) groups is 1. The third-order valence-electron chi connectivity index (χ3n) is 5.05. The Bertz CT molecular complexity index is 1070. The number of β-lactam (4-membered cyclic amide) rings is 1. The van der Waals surface area contributed by atoms with E-state index >= 15 is 0 Å². The van der Waals surface area contributed by atoms with Crippen LogP contribution >= 0.6 is 23.1 Å². The molecule has 4 rings (SSSR count). The standard InChI is InChI=1S/C20H17N3O6S2/c24-16(13(19(26)27)10-4-6-30-8-10)22-14-17(25)23-15(20(28)29)11(9-31-18(14)23)7-12-3-1-2-5-21-12/h1-6,8,13-14,18H,7,9H2,(H,22,24)(H,26,27)(H,28,29)/t13?,14?,18-/m1/s1. The largest absolute Gasteiger partial charge is 0.480 e. The number of thiophene rings is 1. The molecule has 0 aliphatic carbocycles. The van der Waals surface area contributed by atoms with Crippen LogP contribution in [0, 0.1) is 0 Å². The van der Waals surface area contributed by atoms with E-state index in [2.05, 4.69) is 10.3 Å². The van der Waals surface area contributed by atoms with Crippen molar-refractivity contribution in [2.75, 3.05) is 5.75 Å². The van der Waals surface area contributed by atoms with Crippen LogP contribution in [0.25, 0.3) is 0 Å². The van der Waals surface area contributed by atoms with Crippen LogP contribution in [-0.4, -0.2) is 61.0 Å². The number of carboxylic acid groups (broad SMARTS) is 2. The molecule has 11 heteroatoms. The minimum absolute atomic E-state index is 0.0995. The van der Waals surface area contributed by atoms with E-state index < -0.39 is 41.1 Å². The van der Waals surface area contributed by atoms with Gasteiger partial charge >= 0.3 is 11.9 Å². The molecule has 3 N–H and O–H groups in total. The van der Waals surface area contributed by atoms with Crippen molar-refractivity contribution in [3.05, 3.63) is 63.7 Å². The second-order valence-corrected chi connectivity index (χ2v) is 8.86. The van der Waals surface area contributed by atoms with Gasteiger partial charge in [-0.3, -0.25) is 24.3 Å². The van der Waals surface area contributed by atoms with Gasteiger partial charge < -0.3 is 15.5 Å². The minimum Gasteiger partial charge on any atom is -0.480 e. The van der Waals surface area contributed by atoms with Crippen molar-refractivity contribution in [2.24, 2.45) is 0 Å². The summed E-state index contributed by atoms with van der Waals surface area (Å²) in [6, 6.07) is 5.90. The molecule has 2 aliphatic rings. The van der Waals surface area contributed by atoms with Crippen LogP contribution in [0.4, 0.5) is 0 Å². The smallest absolute Gasteiger partial charge is 0.352 e. The zero-order chi connectivity index (χ0) is 22.1. The predicted molar refractivity (Wildman–Crippen MR) is 112 cm³/mol. The Hall–Kier alpha value is -3.18. The number of nitrogens with zero attached hydrogens (tertiary/aromatic N) is 2. The Balaban J connectivity index is 1.53. The van der Waals surface area contributed by atoms with Crippen LogP contribution in [-0.2, 0) is 25.6 Å². The lowest BCUT2D eigenvalue weighted by Crippen LogP contribution is -2.71. The molecule has 0 bridgehead atoms. The maximum Gasteiger partial charge on any atom is 0.352 e. The number of fused-ring (bicyclic) bond motifs is 1. The number of aromatic nitrogens is 1. The number of carbonyl (C=O) groups excluding carboxylic acids is 2. The van der Waals surface area contributed by atoms with Gasteiger partial charge in [0.2, 0.25) is 5.91 Å². The van der Waals surface area contributed by atoms with E-state index in [1.165, 1.54) is 28.0 Å². The number of amides is 2. The molecular formula is C20H17N3O6S2. The molecule has 2 amide bonds. The van der Waals surface area contributed by atoms with Crippen LogP contribution in [0.2, 0.25) is 0 Å². The molecule has 31 heavy (non-hydrogen) atoms. The molecule has 0 radical (unpaired) electrons. The van der Waals surface area contributed by atoms with Crippen molar-refractivity contribution >= 4 is 46.9 Å². The summed E-state index contributed by atoms with van der Waals surface area (Å²) in [5.74, 6) is -5.00. The fourth-order valence-corrected chi connectivity index (χ4v) is 5.65. The number of hydrogen-bond acceptors (Lipinski definition) is 7. The SMILES string of the molecule is O=C(O)C1=C(Cc2ccccn2)CS[C@@H]2C(NC(=O)C(C(=O)O)c3ccsc3)C(=O)N12. The molecule has 2 aliphatic heterocycles. The zero-order valence-corrected chi connectivity index (χ0v) is 17.6. The summed E-state index contributed by atoms with van der Waals surface area (Å²) in [6.45, 7) is 0. The van der Waals surface area contributed by atoms with E-state index in [0.717, 1.165) is 0 Å². The normalized spacial score (nSPS) is 21.2. The molecule has 0 saturated carbocycles. The fraction of sp³-hybridized carbons (Fsp3) is 0.250. The monoisotopic (exact) mass is 459 g/mol. The first-order chi connectivity index (χ1) is 14.9. The van der Waals surface area contributed by atoms with Gasteiger partial charge in [0, 0.05) is 24.1 Å². The quantitative estimate of drug-likeness (QED) is 0.416. The maximum atomic E-state index is 12.8. The Morgan fingerprint density at radius 2 is 2.06 bits per heavy atom. The van der Waals surface area contributed by atoms with Gasteiger partial charge in [0.05, 0.1) is 0 Å². The maximum absolute atomic E-state index is 12.8. The summed E-state index contributed by atoms with van der Waals surface area (Å²) in [6.07, 6.45) is 1.91. The van der Waals surface area contributed by atoms with E-state index in [1.54, 1.807) is 41.2 Å². The van der Waals surface area contributed by atoms with E-state index in [9.17, 15) is 29.4 Å². The number of hydrogen-bond donors (Lipinski definition) is 3. The van der Waals surface area contributed by atoms with Gasteiger partial charge in [-0.15, -0.1) is 11.8 Å². The van der Waals surface area contributed by atoms with Crippen molar-refractivity contribution in [1.29, 1.82) is 0 Å². The highest BCUT2D eigenvalue weighted by Crippen LogP contribution is 2.41. The van der Waals surface area contributed by atoms with Crippen molar-refractivity contribution < 1.29 is 29.4 Å². The van der Waals surface area contributed by atoms with Crippen molar-refractivity contribution in [3.8, 4) is 0 Å². The highest BCUT2D eigenvalue weighted by atomic mass is 32.2. The number of aliphatic carboxylic acids is 2. The zero-order valence-electron chi connectivity index (χ0n) is 15.9. The lowest BCUT2D eigenvalue weighted by Gasteiger charge is -2.49. The lowest BCUT2D eigenvalue weighted by atomic mass is 9.97. The van der Waals surface area contributed by atoms with Crippen LogP contribution in [0.5, 0.6) is 0 Å². The van der Waals surface area contributed by atoms with Crippen LogP contribution in [0.1, 0.15) is 17.2 Å². The molecule has 2 aromatic heterocycles. The van der Waals surface area contributed by atoms with E-state index in [1.807, 2.05) is 0 Å². The number of rotatable bonds is 7. The molecular weight excluding hydrogens is 442 g/mol. The first kappa shape index (κ1) is 21.1. The minimum atomic E-state index is -1.43. The molecule has 4 heterocycles. The fourth-order valence-electron chi connectivity index (χ4n) is 3.62. The summed E-state index contributed by atoms with van der Waals surface area (Å²) in [5.41, 5.74) is 1.48. The van der Waals surface area contributed by atoms with Gasteiger partial charge in [-0.05, 0) is 40.1 Å². The average Bonchev–Trinajstić information content (AvgIpc) is 3.26. The van der Waals surface area contributed by atoms with Gasteiger partial charge in [0.1, 0.15) is 17.1 Å². The number of pyridine rings is 1. The molecule has 9 nitrogen and oxygen atoms in total. The molecule has 160 valence electrons. The van der Waals surface area contributed by atoms with Crippen LogP contribution < -0.4 is 5.32 Å². The molecule has 2 unspecified atom stereocenters. The highest BCUT2D eigenvalue weighted by Gasteiger charge is 2.54. The van der Waals surface area contributed by atoms with Gasteiger partial charge in [-0.2, -0.15) is 11.3 Å². The molecule has 0 aromatic carbocycles. The number of carbonyl (C=O) groups is 4. The van der Waals surface area contributed by atoms with Crippen LogP contribution in [0.3, 0.4) is 0 Å². The van der Waals surface area contributed by atoms with E-state index in [4.69, 9.17) is 0 Å². The first-order valence-electron chi connectivity index (χ1n) is 9.23. The second-order valence-electron chi connectivity index (χ2n) is 6.98. The summed E-state index contributed by atoms with van der Waals surface area (Å²) in [4.78, 5) is 54.3. The number of carboxylic acids is 2. The van der Waals surface area contributed by atoms with Crippen molar-refractivity contribution in [1.82, 2.24) is 15.2 Å². The van der Waals surface area contributed by atoms with Gasteiger partial charge in [-0.25, -0.2) is 4.79 Å². The average molecular weight is 460 g/mol. The van der Waals surface area contributed by atoms with E-state index in [0.29, 0.717) is 29.0 Å². The summed E-state index contributed by atoms with van der Waals surface area (Å²) >= 11 is 2.59. The molecule has 1 fully saturated rings. The van der Waals surface area contributed by atoms with Gasteiger partial charge in [0.15, 0.2) is 5.92 Å². The van der Waals surface area contributed by atoms with Crippen molar-refractivity contribution in [3.63, 3.8) is 0 Å². The first-order valence-corrected chi connectivity index (χ1v) is 11.2.